The Morgan fingerprint density at radius 3 is 2.55 bits per heavy atom. The second kappa shape index (κ2) is 3.74. The lowest BCUT2D eigenvalue weighted by Gasteiger charge is -2.14. The van der Waals surface area contributed by atoms with Crippen molar-refractivity contribution in [3.05, 3.63) is 35.4 Å². The van der Waals surface area contributed by atoms with Crippen molar-refractivity contribution in [1.82, 2.24) is 0 Å². The molecule has 0 spiro atoms. The Morgan fingerprint density at radius 1 is 1.09 bits per heavy atom. The molecule has 0 aromatic heterocycles. The van der Waals surface area contributed by atoms with Gasteiger partial charge in [-0.15, -0.1) is 12.4 Å². The maximum Gasteiger partial charge on any atom is 0.0719 e. The van der Waals surface area contributed by atoms with Gasteiger partial charge in [0.2, 0.25) is 0 Å². The highest BCUT2D eigenvalue weighted by Gasteiger charge is 2.06. The van der Waals surface area contributed by atoms with Crippen molar-refractivity contribution < 1.29 is 4.74 Å². The van der Waals surface area contributed by atoms with E-state index in [2.05, 4.69) is 24.3 Å². The Kier molecular flexibility index (Phi) is 2.92. The van der Waals surface area contributed by atoms with E-state index in [9.17, 15) is 0 Å². The Labute approximate surface area is 72.8 Å². The molecule has 2 heteroatoms. The summed E-state index contributed by atoms with van der Waals surface area (Å²) < 4.78 is 5.30. The SMILES string of the molecule is Cl.c1ccc2c(c1)CCOC2. The molecule has 0 bridgehead atoms. The highest BCUT2D eigenvalue weighted by Crippen LogP contribution is 2.14. The van der Waals surface area contributed by atoms with E-state index in [1.807, 2.05) is 0 Å². The molecule has 11 heavy (non-hydrogen) atoms. The molecule has 0 unspecified atom stereocenters. The highest BCUT2D eigenvalue weighted by molar-refractivity contribution is 5.85. The fourth-order valence-corrected chi connectivity index (χ4v) is 1.31. The summed E-state index contributed by atoms with van der Waals surface area (Å²) in [5, 5.41) is 0. The van der Waals surface area contributed by atoms with E-state index in [0.29, 0.717) is 0 Å². The molecular weight excluding hydrogens is 160 g/mol. The number of ether oxygens (including phenoxy) is 1. The van der Waals surface area contributed by atoms with Gasteiger partial charge in [-0.2, -0.15) is 0 Å². The predicted molar refractivity (Wildman–Crippen MR) is 47.1 cm³/mol. The minimum Gasteiger partial charge on any atom is -0.376 e. The smallest absolute Gasteiger partial charge is 0.0719 e. The maximum absolute atomic E-state index is 5.30. The van der Waals surface area contributed by atoms with Crippen molar-refractivity contribution in [2.24, 2.45) is 0 Å². The van der Waals surface area contributed by atoms with Gasteiger partial charge in [0.15, 0.2) is 0 Å². The van der Waals surface area contributed by atoms with Gasteiger partial charge in [-0.3, -0.25) is 0 Å². The highest BCUT2D eigenvalue weighted by atomic mass is 35.5. The van der Waals surface area contributed by atoms with E-state index in [-0.39, 0.29) is 12.4 Å². The van der Waals surface area contributed by atoms with E-state index >= 15 is 0 Å². The lowest BCUT2D eigenvalue weighted by Crippen LogP contribution is -2.08. The lowest BCUT2D eigenvalue weighted by molar-refractivity contribution is 0.111. The topological polar surface area (TPSA) is 9.23 Å². The van der Waals surface area contributed by atoms with Gasteiger partial charge in [-0.25, -0.2) is 0 Å². The Hall–Kier alpha value is -0.530. The van der Waals surface area contributed by atoms with Gasteiger partial charge in [0.25, 0.3) is 0 Å². The standard InChI is InChI=1S/C9H10O.ClH/c1-2-4-9-7-10-6-5-8(9)3-1;/h1-4H,5-7H2;1H. The Bertz CT molecular complexity index is 210. The van der Waals surface area contributed by atoms with E-state index in [1.54, 1.807) is 0 Å². The number of rotatable bonds is 0. The summed E-state index contributed by atoms with van der Waals surface area (Å²) in [7, 11) is 0. The molecule has 0 atom stereocenters. The molecule has 0 fully saturated rings. The van der Waals surface area contributed by atoms with Crippen molar-refractivity contribution in [3.63, 3.8) is 0 Å². The molecule has 0 saturated heterocycles. The molecule has 0 radical (unpaired) electrons. The summed E-state index contributed by atoms with van der Waals surface area (Å²) in [6.07, 6.45) is 1.08. The van der Waals surface area contributed by atoms with Crippen molar-refractivity contribution in [2.45, 2.75) is 13.0 Å². The molecule has 1 aromatic rings. The first-order valence-corrected chi connectivity index (χ1v) is 3.61. The second-order valence-electron chi connectivity index (χ2n) is 2.57. The van der Waals surface area contributed by atoms with Crippen LogP contribution in [0.4, 0.5) is 0 Å². The van der Waals surface area contributed by atoms with Gasteiger partial charge in [0.1, 0.15) is 0 Å². The molecule has 1 aliphatic rings. The van der Waals surface area contributed by atoms with E-state index < -0.39 is 0 Å². The molecule has 2 rings (SSSR count). The molecule has 60 valence electrons. The van der Waals surface area contributed by atoms with E-state index in [4.69, 9.17) is 4.74 Å². The molecular formula is C9H11ClO. The van der Waals surface area contributed by atoms with Crippen LogP contribution in [0.1, 0.15) is 11.1 Å². The number of halogens is 1. The number of benzene rings is 1. The largest absolute Gasteiger partial charge is 0.376 e. The number of fused-ring (bicyclic) bond motifs is 1. The molecule has 1 aromatic carbocycles. The monoisotopic (exact) mass is 170 g/mol. The third-order valence-electron chi connectivity index (χ3n) is 1.89. The average molecular weight is 171 g/mol. The summed E-state index contributed by atoms with van der Waals surface area (Å²) in [4.78, 5) is 0. The fraction of sp³-hybridized carbons (Fsp3) is 0.333. The van der Waals surface area contributed by atoms with Crippen LogP contribution in [0.25, 0.3) is 0 Å². The molecule has 0 aliphatic carbocycles. The number of hydrogen-bond donors (Lipinski definition) is 0. The quantitative estimate of drug-likeness (QED) is 0.580. The van der Waals surface area contributed by atoms with Gasteiger partial charge in [-0.05, 0) is 17.5 Å². The van der Waals surface area contributed by atoms with Crippen LogP contribution in [0.15, 0.2) is 24.3 Å². The fourth-order valence-electron chi connectivity index (χ4n) is 1.31. The zero-order valence-electron chi connectivity index (χ0n) is 6.25. The molecule has 0 N–H and O–H groups in total. The van der Waals surface area contributed by atoms with Crippen molar-refractivity contribution in [2.75, 3.05) is 6.61 Å². The Morgan fingerprint density at radius 2 is 1.82 bits per heavy atom. The van der Waals surface area contributed by atoms with E-state index in [1.165, 1.54) is 11.1 Å². The summed E-state index contributed by atoms with van der Waals surface area (Å²) in [5.74, 6) is 0. The average Bonchev–Trinajstić information content (AvgIpc) is 2.05. The van der Waals surface area contributed by atoms with Crippen molar-refractivity contribution >= 4 is 12.4 Å². The first kappa shape index (κ1) is 8.57. The van der Waals surface area contributed by atoms with Gasteiger partial charge in [-0.1, -0.05) is 24.3 Å². The molecule has 0 amide bonds. The molecule has 1 nitrogen and oxygen atoms in total. The van der Waals surface area contributed by atoms with Crippen LogP contribution in [0.5, 0.6) is 0 Å². The van der Waals surface area contributed by atoms with Gasteiger partial charge in [0, 0.05) is 0 Å². The van der Waals surface area contributed by atoms with Crippen molar-refractivity contribution in [1.29, 1.82) is 0 Å². The van der Waals surface area contributed by atoms with Crippen molar-refractivity contribution in [3.8, 4) is 0 Å². The van der Waals surface area contributed by atoms with E-state index in [0.717, 1.165) is 19.6 Å². The van der Waals surface area contributed by atoms with Crippen LogP contribution in [0.2, 0.25) is 0 Å². The zero-order valence-corrected chi connectivity index (χ0v) is 7.06. The summed E-state index contributed by atoms with van der Waals surface area (Å²) in [6, 6.07) is 8.46. The van der Waals surface area contributed by atoms with Crippen LogP contribution in [0.3, 0.4) is 0 Å². The third-order valence-corrected chi connectivity index (χ3v) is 1.89. The summed E-state index contributed by atoms with van der Waals surface area (Å²) >= 11 is 0. The minimum absolute atomic E-state index is 0. The van der Waals surface area contributed by atoms with Crippen LogP contribution in [-0.4, -0.2) is 6.61 Å². The van der Waals surface area contributed by atoms with Crippen LogP contribution in [-0.2, 0) is 17.8 Å². The van der Waals surface area contributed by atoms with Crippen LogP contribution >= 0.6 is 12.4 Å². The molecule has 0 saturated carbocycles. The maximum atomic E-state index is 5.30. The van der Waals surface area contributed by atoms with Gasteiger partial charge in [0.05, 0.1) is 13.2 Å². The third kappa shape index (κ3) is 1.73. The first-order chi connectivity index (χ1) is 4.97. The molecule has 1 heterocycles. The summed E-state index contributed by atoms with van der Waals surface area (Å²) in [5.41, 5.74) is 2.81. The predicted octanol–water partition coefficient (Wildman–Crippen LogP) is 2.18. The van der Waals surface area contributed by atoms with Gasteiger partial charge < -0.3 is 4.74 Å². The zero-order chi connectivity index (χ0) is 6.81. The lowest BCUT2D eigenvalue weighted by atomic mass is 10.0. The molecule has 1 aliphatic heterocycles. The first-order valence-electron chi connectivity index (χ1n) is 3.61. The van der Waals surface area contributed by atoms with Gasteiger partial charge >= 0.3 is 0 Å². The number of hydrogen-bond acceptors (Lipinski definition) is 1. The summed E-state index contributed by atoms with van der Waals surface area (Å²) in [6.45, 7) is 1.69. The van der Waals surface area contributed by atoms with Crippen LogP contribution in [0, 0.1) is 0 Å². The minimum atomic E-state index is 0. The second-order valence-corrected chi connectivity index (χ2v) is 2.57. The Balaban J connectivity index is 0.000000605. The normalized spacial score (nSPS) is 14.9. The van der Waals surface area contributed by atoms with Crippen LogP contribution < -0.4 is 0 Å².